The Morgan fingerprint density at radius 1 is 0.857 bits per heavy atom. The summed E-state index contributed by atoms with van der Waals surface area (Å²) in [5.41, 5.74) is 2.69. The predicted octanol–water partition coefficient (Wildman–Crippen LogP) is 5.49. The number of hydrogen-bond acceptors (Lipinski definition) is 7. The summed E-state index contributed by atoms with van der Waals surface area (Å²) in [5.74, 6) is -2.15. The van der Waals surface area contributed by atoms with Crippen molar-refractivity contribution in [3.05, 3.63) is 96.1 Å². The Bertz CT molecular complexity index is 1840. The lowest BCUT2D eigenvalue weighted by Crippen LogP contribution is -2.42. The summed E-state index contributed by atoms with van der Waals surface area (Å²) in [5, 5.41) is 1.76. The van der Waals surface area contributed by atoms with E-state index in [4.69, 9.17) is 18.9 Å². The van der Waals surface area contributed by atoms with Crippen molar-refractivity contribution in [2.75, 3.05) is 18.3 Å². The van der Waals surface area contributed by atoms with Crippen molar-refractivity contribution in [3.63, 3.8) is 0 Å². The SMILES string of the molecule is CCOc1ccc(N2C(=O)[C@@H]3[C@@H]4C(=O)Oc5c(ccc6ccccc56)C4=C[C@H](c4ccc5c(c4)OCO5)[C@H]3C2=O)cc1. The maximum absolute atomic E-state index is 14.2. The Hall–Kier alpha value is -5.11. The van der Waals surface area contributed by atoms with Gasteiger partial charge in [-0.3, -0.25) is 14.4 Å². The van der Waals surface area contributed by atoms with Crippen molar-refractivity contribution in [1.82, 2.24) is 0 Å². The van der Waals surface area contributed by atoms with Gasteiger partial charge in [0.25, 0.3) is 0 Å². The average molecular weight is 560 g/mol. The fourth-order valence-electron chi connectivity index (χ4n) is 6.85. The van der Waals surface area contributed by atoms with Crippen molar-refractivity contribution >= 4 is 39.8 Å². The number of benzene rings is 4. The number of hydrogen-bond donors (Lipinski definition) is 0. The number of amides is 2. The molecule has 4 aromatic carbocycles. The number of rotatable bonds is 4. The van der Waals surface area contributed by atoms with E-state index in [1.807, 2.05) is 67.6 Å². The van der Waals surface area contributed by atoms with Gasteiger partial charge in [0.05, 0.1) is 30.0 Å². The first-order valence-corrected chi connectivity index (χ1v) is 14.0. The molecule has 0 bridgehead atoms. The van der Waals surface area contributed by atoms with Gasteiger partial charge in [-0.1, -0.05) is 48.5 Å². The molecule has 0 aromatic heterocycles. The summed E-state index contributed by atoms with van der Waals surface area (Å²) in [6.45, 7) is 2.50. The Kier molecular flexibility index (Phi) is 5.41. The average Bonchev–Trinajstić information content (AvgIpc) is 3.59. The topological polar surface area (TPSA) is 91.4 Å². The van der Waals surface area contributed by atoms with Gasteiger partial charge in [-0.05, 0) is 59.8 Å². The maximum Gasteiger partial charge on any atom is 0.319 e. The molecular weight excluding hydrogens is 534 g/mol. The van der Waals surface area contributed by atoms with Gasteiger partial charge in [0, 0.05) is 16.9 Å². The number of nitrogens with zero attached hydrogens (tertiary/aromatic N) is 1. The first-order valence-electron chi connectivity index (χ1n) is 14.0. The Balaban J connectivity index is 1.30. The lowest BCUT2D eigenvalue weighted by molar-refractivity contribution is -0.142. The van der Waals surface area contributed by atoms with E-state index < -0.39 is 35.5 Å². The highest BCUT2D eigenvalue weighted by Crippen LogP contribution is 2.56. The molecule has 0 saturated carbocycles. The Morgan fingerprint density at radius 3 is 2.48 bits per heavy atom. The number of ether oxygens (including phenoxy) is 4. The number of esters is 1. The third kappa shape index (κ3) is 3.51. The normalized spacial score (nSPS) is 23.7. The summed E-state index contributed by atoms with van der Waals surface area (Å²) in [6.07, 6.45) is 1.98. The molecule has 2 amide bonds. The van der Waals surface area contributed by atoms with Crippen LogP contribution < -0.4 is 23.8 Å². The van der Waals surface area contributed by atoms with Crippen molar-refractivity contribution in [3.8, 4) is 23.0 Å². The van der Waals surface area contributed by atoms with Crippen LogP contribution in [-0.2, 0) is 14.4 Å². The molecule has 4 aromatic rings. The number of imide groups is 1. The van der Waals surface area contributed by atoms with Crippen LogP contribution >= 0.6 is 0 Å². The van der Waals surface area contributed by atoms with Crippen molar-refractivity contribution in [1.29, 1.82) is 0 Å². The van der Waals surface area contributed by atoms with E-state index in [9.17, 15) is 14.4 Å². The van der Waals surface area contributed by atoms with Gasteiger partial charge < -0.3 is 18.9 Å². The monoisotopic (exact) mass is 559 g/mol. The van der Waals surface area contributed by atoms with Gasteiger partial charge in [0.1, 0.15) is 11.5 Å². The molecule has 3 heterocycles. The van der Waals surface area contributed by atoms with E-state index in [1.54, 1.807) is 24.3 Å². The predicted molar refractivity (Wildman–Crippen MR) is 153 cm³/mol. The third-order valence-electron chi connectivity index (χ3n) is 8.67. The van der Waals surface area contributed by atoms with Gasteiger partial charge in [0.2, 0.25) is 18.6 Å². The summed E-state index contributed by atoms with van der Waals surface area (Å²) in [6, 6.07) is 24.1. The van der Waals surface area contributed by atoms with E-state index in [-0.39, 0.29) is 12.7 Å². The van der Waals surface area contributed by atoms with Crippen LogP contribution in [0.4, 0.5) is 5.69 Å². The molecule has 0 unspecified atom stereocenters. The number of carbonyl (C=O) groups is 3. The highest BCUT2D eigenvalue weighted by atomic mass is 16.7. The largest absolute Gasteiger partial charge is 0.494 e. The minimum Gasteiger partial charge on any atom is -0.494 e. The summed E-state index contributed by atoms with van der Waals surface area (Å²) >= 11 is 0. The number of carbonyl (C=O) groups excluding carboxylic acids is 3. The van der Waals surface area contributed by atoms with E-state index in [2.05, 4.69) is 0 Å². The van der Waals surface area contributed by atoms with Crippen molar-refractivity contribution in [2.24, 2.45) is 17.8 Å². The number of fused-ring (bicyclic) bond motifs is 8. The molecule has 0 spiro atoms. The summed E-state index contributed by atoms with van der Waals surface area (Å²) < 4.78 is 22.7. The fourth-order valence-corrected chi connectivity index (χ4v) is 6.85. The minimum absolute atomic E-state index is 0.119. The molecule has 1 fully saturated rings. The van der Waals surface area contributed by atoms with Crippen molar-refractivity contribution < 1.29 is 33.3 Å². The van der Waals surface area contributed by atoms with Gasteiger partial charge in [-0.15, -0.1) is 0 Å². The van der Waals surface area contributed by atoms with E-state index >= 15 is 0 Å². The molecule has 1 saturated heterocycles. The fraction of sp³-hybridized carbons (Fsp3) is 0.206. The molecule has 8 heteroatoms. The number of anilines is 1. The molecule has 208 valence electrons. The molecule has 4 aliphatic rings. The molecule has 4 atom stereocenters. The number of allylic oxidation sites excluding steroid dienone is 1. The Labute approximate surface area is 241 Å². The summed E-state index contributed by atoms with van der Waals surface area (Å²) in [4.78, 5) is 43.5. The lowest BCUT2D eigenvalue weighted by Gasteiger charge is -2.38. The van der Waals surface area contributed by atoms with Crippen LogP contribution in [-0.4, -0.2) is 31.2 Å². The zero-order chi connectivity index (χ0) is 28.5. The highest BCUT2D eigenvalue weighted by Gasteiger charge is 2.60. The molecule has 8 rings (SSSR count). The zero-order valence-electron chi connectivity index (χ0n) is 22.6. The van der Waals surface area contributed by atoms with Crippen LogP contribution in [0.15, 0.2) is 84.9 Å². The quantitative estimate of drug-likeness (QED) is 0.186. The lowest BCUT2D eigenvalue weighted by atomic mass is 9.64. The standard InChI is InChI=1S/C34H25NO7/c1-2-39-21-11-9-20(10-12-21)35-32(36)28-24(19-8-14-26-27(15-19)41-17-40-26)16-25-23-13-7-18-5-3-4-6-22(18)31(23)42-34(38)29(25)30(28)33(35)37/h3-16,24,28-30H,2,17H2,1H3/t24-,28-,29-,30+/m1/s1. The second kappa shape index (κ2) is 9.21. The molecule has 0 radical (unpaired) electrons. The minimum atomic E-state index is -0.938. The third-order valence-corrected chi connectivity index (χ3v) is 8.67. The van der Waals surface area contributed by atoms with Crippen LogP contribution in [0.5, 0.6) is 23.0 Å². The zero-order valence-corrected chi connectivity index (χ0v) is 22.6. The molecule has 1 aliphatic carbocycles. The second-order valence-corrected chi connectivity index (χ2v) is 10.8. The van der Waals surface area contributed by atoms with Gasteiger partial charge in [0.15, 0.2) is 11.5 Å². The van der Waals surface area contributed by atoms with Crippen LogP contribution in [0.2, 0.25) is 0 Å². The Morgan fingerprint density at radius 2 is 1.64 bits per heavy atom. The van der Waals surface area contributed by atoms with Crippen molar-refractivity contribution in [2.45, 2.75) is 12.8 Å². The molecule has 42 heavy (non-hydrogen) atoms. The first kappa shape index (κ1) is 24.7. The maximum atomic E-state index is 14.2. The smallest absolute Gasteiger partial charge is 0.319 e. The van der Waals surface area contributed by atoms with E-state index in [1.165, 1.54) is 4.90 Å². The van der Waals surface area contributed by atoms with Crippen LogP contribution in [0.1, 0.15) is 24.0 Å². The van der Waals surface area contributed by atoms with Crippen LogP contribution in [0, 0.1) is 17.8 Å². The summed E-state index contributed by atoms with van der Waals surface area (Å²) in [7, 11) is 0. The van der Waals surface area contributed by atoms with Crippen LogP contribution in [0.25, 0.3) is 16.3 Å². The van der Waals surface area contributed by atoms with Gasteiger partial charge >= 0.3 is 5.97 Å². The molecule has 8 nitrogen and oxygen atoms in total. The van der Waals surface area contributed by atoms with Gasteiger partial charge in [-0.25, -0.2) is 4.90 Å². The first-order chi connectivity index (χ1) is 20.5. The van der Waals surface area contributed by atoms with Crippen LogP contribution in [0.3, 0.4) is 0 Å². The molecule has 3 aliphatic heterocycles. The van der Waals surface area contributed by atoms with Gasteiger partial charge in [-0.2, -0.15) is 0 Å². The van der Waals surface area contributed by atoms with E-state index in [0.29, 0.717) is 40.9 Å². The molecule has 0 N–H and O–H groups in total. The second-order valence-electron chi connectivity index (χ2n) is 10.8. The highest BCUT2D eigenvalue weighted by molar-refractivity contribution is 6.24. The van der Waals surface area contributed by atoms with E-state index in [0.717, 1.165) is 21.9 Å². The molecular formula is C34H25NO7.